The van der Waals surface area contributed by atoms with Crippen molar-refractivity contribution in [2.24, 2.45) is 0 Å². The van der Waals surface area contributed by atoms with Crippen molar-refractivity contribution in [2.45, 2.75) is 12.1 Å². The molecule has 9 rings (SSSR count). The average Bonchev–Trinajstić information content (AvgIpc) is 3.09. The van der Waals surface area contributed by atoms with Crippen molar-refractivity contribution in [1.82, 2.24) is 0 Å². The first-order valence-electron chi connectivity index (χ1n) is 15.4. The summed E-state index contributed by atoms with van der Waals surface area (Å²) in [6.45, 7) is 0. The number of alkyl halides is 5. The van der Waals surface area contributed by atoms with Crippen molar-refractivity contribution < 1.29 is 26.3 Å². The second-order valence-electron chi connectivity index (χ2n) is 12.2. The van der Waals surface area contributed by atoms with E-state index >= 15 is 8.78 Å². The molecule has 0 aliphatic carbocycles. The monoisotopic (exact) mass is 640 g/mol. The lowest BCUT2D eigenvalue weighted by Gasteiger charge is -2.25. The van der Waals surface area contributed by atoms with Crippen LogP contribution in [0.25, 0.3) is 86.9 Å². The number of halogens is 6. The predicted octanol–water partition coefficient (Wildman–Crippen LogP) is 13.2. The van der Waals surface area contributed by atoms with Crippen LogP contribution < -0.4 is 0 Å². The predicted molar refractivity (Wildman–Crippen MR) is 183 cm³/mol. The van der Waals surface area contributed by atoms with Crippen LogP contribution in [-0.2, 0) is 5.92 Å². The molecular weight excluding hydrogens is 618 g/mol. The molecule has 9 aromatic carbocycles. The molecule has 232 valence electrons. The fraction of sp³-hybridized carbons (Fsp3) is 0.0476. The molecule has 0 aromatic heterocycles. The van der Waals surface area contributed by atoms with Gasteiger partial charge in [0.05, 0.1) is 0 Å². The standard InChI is InChI=1S/C42H22F6/c43-36-22-21-26(25-7-1-2-8-28(25)36)27-17-13-23-15-19-32-33(20-16-24-14-18-31(27)37(23)38(24)32)39-29-9-3-5-11-34(29)40(41(44,45)42(46,47)48)35-12-6-4-10-30(35)39/h1-22H. The zero-order chi connectivity index (χ0) is 32.9. The maximum absolute atomic E-state index is 15.3. The Morgan fingerprint density at radius 3 is 1.33 bits per heavy atom. The van der Waals surface area contributed by atoms with Crippen LogP contribution in [0.15, 0.2) is 133 Å². The highest BCUT2D eigenvalue weighted by atomic mass is 19.4. The third-order valence-electron chi connectivity index (χ3n) is 9.70. The third-order valence-corrected chi connectivity index (χ3v) is 9.70. The van der Waals surface area contributed by atoms with Crippen molar-refractivity contribution >= 4 is 64.6 Å². The molecule has 0 saturated heterocycles. The van der Waals surface area contributed by atoms with Gasteiger partial charge in [-0.3, -0.25) is 0 Å². The van der Waals surface area contributed by atoms with Crippen LogP contribution in [0.1, 0.15) is 5.56 Å². The van der Waals surface area contributed by atoms with E-state index in [1.165, 1.54) is 30.3 Å². The van der Waals surface area contributed by atoms with Crippen LogP contribution in [0, 0.1) is 5.82 Å². The summed E-state index contributed by atoms with van der Waals surface area (Å²) in [5.41, 5.74) is 2.10. The van der Waals surface area contributed by atoms with E-state index in [2.05, 4.69) is 6.07 Å². The first-order valence-corrected chi connectivity index (χ1v) is 15.4. The van der Waals surface area contributed by atoms with Crippen LogP contribution in [0.3, 0.4) is 0 Å². The molecule has 48 heavy (non-hydrogen) atoms. The van der Waals surface area contributed by atoms with Crippen LogP contribution in [0.4, 0.5) is 26.3 Å². The minimum absolute atomic E-state index is 0.148. The molecule has 0 spiro atoms. The van der Waals surface area contributed by atoms with Gasteiger partial charge in [-0.15, -0.1) is 0 Å². The Balaban J connectivity index is 1.40. The van der Waals surface area contributed by atoms with E-state index in [9.17, 15) is 17.6 Å². The van der Waals surface area contributed by atoms with Crippen LogP contribution in [0.2, 0.25) is 0 Å². The molecule has 0 aliphatic rings. The van der Waals surface area contributed by atoms with E-state index in [0.29, 0.717) is 21.7 Å². The van der Waals surface area contributed by atoms with Crippen molar-refractivity contribution in [2.75, 3.05) is 0 Å². The van der Waals surface area contributed by atoms with Crippen molar-refractivity contribution in [1.29, 1.82) is 0 Å². The number of fused-ring (bicyclic) bond motifs is 3. The Kier molecular flexibility index (Phi) is 5.92. The number of benzene rings is 9. The van der Waals surface area contributed by atoms with E-state index in [4.69, 9.17) is 0 Å². The molecule has 0 unspecified atom stereocenters. The molecule has 9 aromatic rings. The molecule has 0 radical (unpaired) electrons. The largest absolute Gasteiger partial charge is 0.458 e. The van der Waals surface area contributed by atoms with Gasteiger partial charge in [0.25, 0.3) is 0 Å². The summed E-state index contributed by atoms with van der Waals surface area (Å²) in [5.74, 6) is -5.37. The fourth-order valence-corrected chi connectivity index (χ4v) is 7.65. The molecule has 0 nitrogen and oxygen atoms in total. The molecule has 0 bridgehead atoms. The molecule has 0 amide bonds. The van der Waals surface area contributed by atoms with Crippen LogP contribution in [0.5, 0.6) is 0 Å². The van der Waals surface area contributed by atoms with Crippen molar-refractivity contribution in [3.05, 3.63) is 145 Å². The molecule has 0 heterocycles. The summed E-state index contributed by atoms with van der Waals surface area (Å²) >= 11 is 0. The Bertz CT molecular complexity index is 2700. The van der Waals surface area contributed by atoms with Gasteiger partial charge < -0.3 is 0 Å². The lowest BCUT2D eigenvalue weighted by atomic mass is 9.82. The smallest absolute Gasteiger partial charge is 0.206 e. The number of hydrogen-bond donors (Lipinski definition) is 0. The highest BCUT2D eigenvalue weighted by Crippen LogP contribution is 2.52. The lowest BCUT2D eigenvalue weighted by molar-refractivity contribution is -0.288. The molecule has 0 fully saturated rings. The summed E-state index contributed by atoms with van der Waals surface area (Å²) in [7, 11) is 0. The van der Waals surface area contributed by atoms with Crippen LogP contribution in [-0.4, -0.2) is 6.18 Å². The van der Waals surface area contributed by atoms with Gasteiger partial charge >= 0.3 is 12.1 Å². The lowest BCUT2D eigenvalue weighted by Crippen LogP contribution is -2.34. The van der Waals surface area contributed by atoms with Crippen LogP contribution >= 0.6 is 0 Å². The Labute approximate surface area is 269 Å². The molecule has 6 heteroatoms. The van der Waals surface area contributed by atoms with Gasteiger partial charge in [-0.1, -0.05) is 127 Å². The van der Waals surface area contributed by atoms with E-state index in [0.717, 1.165) is 54.4 Å². The highest BCUT2D eigenvalue weighted by molar-refractivity contribution is 6.30. The summed E-state index contributed by atoms with van der Waals surface area (Å²) in [6.07, 6.45) is -5.78. The quantitative estimate of drug-likeness (QED) is 0.102. The van der Waals surface area contributed by atoms with Gasteiger partial charge in [-0.25, -0.2) is 4.39 Å². The van der Waals surface area contributed by atoms with E-state index in [-0.39, 0.29) is 16.6 Å². The third kappa shape index (κ3) is 3.86. The van der Waals surface area contributed by atoms with Crippen molar-refractivity contribution in [3.63, 3.8) is 0 Å². The zero-order valence-corrected chi connectivity index (χ0v) is 25.0. The molecular formula is C42H22F6. The fourth-order valence-electron chi connectivity index (χ4n) is 7.65. The van der Waals surface area contributed by atoms with Crippen molar-refractivity contribution in [3.8, 4) is 22.3 Å². The van der Waals surface area contributed by atoms with Gasteiger partial charge in [-0.05, 0) is 87.6 Å². The average molecular weight is 641 g/mol. The maximum atomic E-state index is 15.3. The SMILES string of the molecule is Fc1ccc(-c2ccc3ccc4c(-c5c6ccccc6c(C(F)(F)C(F)(F)F)c6ccccc56)ccc5ccc2c3c54)c2ccccc12. The second kappa shape index (κ2) is 9.94. The minimum Gasteiger partial charge on any atom is -0.206 e. The normalized spacial score (nSPS) is 12.8. The topological polar surface area (TPSA) is 0 Å². The number of rotatable bonds is 3. The Hall–Kier alpha value is -5.62. The van der Waals surface area contributed by atoms with Gasteiger partial charge in [-0.2, -0.15) is 22.0 Å². The molecule has 0 N–H and O–H groups in total. The molecule has 0 aliphatic heterocycles. The molecule has 0 saturated carbocycles. The highest BCUT2D eigenvalue weighted by Gasteiger charge is 2.60. The number of hydrogen-bond acceptors (Lipinski definition) is 0. The van der Waals surface area contributed by atoms with E-state index < -0.39 is 17.7 Å². The Morgan fingerprint density at radius 2 is 0.771 bits per heavy atom. The maximum Gasteiger partial charge on any atom is 0.458 e. The Morgan fingerprint density at radius 1 is 0.354 bits per heavy atom. The van der Waals surface area contributed by atoms with E-state index in [1.54, 1.807) is 36.4 Å². The summed E-state index contributed by atoms with van der Waals surface area (Å²) < 4.78 is 87.3. The summed E-state index contributed by atoms with van der Waals surface area (Å²) in [4.78, 5) is 0. The van der Waals surface area contributed by atoms with Gasteiger partial charge in [0.2, 0.25) is 0 Å². The zero-order valence-electron chi connectivity index (χ0n) is 25.0. The van der Waals surface area contributed by atoms with Gasteiger partial charge in [0.1, 0.15) is 5.82 Å². The molecule has 0 atom stereocenters. The summed E-state index contributed by atoms with van der Waals surface area (Å²) in [5, 5.41) is 7.35. The first kappa shape index (κ1) is 28.6. The van der Waals surface area contributed by atoms with E-state index in [1.807, 2.05) is 60.7 Å². The van der Waals surface area contributed by atoms with Gasteiger partial charge in [0.15, 0.2) is 0 Å². The van der Waals surface area contributed by atoms with Gasteiger partial charge in [0, 0.05) is 10.9 Å². The minimum atomic E-state index is -5.78. The second-order valence-corrected chi connectivity index (χ2v) is 12.2. The summed E-state index contributed by atoms with van der Waals surface area (Å²) in [6, 6.07) is 38.9. The first-order chi connectivity index (χ1) is 23.1.